The second kappa shape index (κ2) is 9.72. The summed E-state index contributed by atoms with van der Waals surface area (Å²) in [6, 6.07) is 2.34. The molecular formula is C25H34F3N5O3. The molecule has 0 radical (unpaired) electrons. The number of anilines is 1. The van der Waals surface area contributed by atoms with Crippen molar-refractivity contribution in [1.82, 2.24) is 19.7 Å². The number of aromatic nitrogens is 1. The molecule has 36 heavy (non-hydrogen) atoms. The lowest BCUT2D eigenvalue weighted by Crippen LogP contribution is -2.57. The Morgan fingerprint density at radius 3 is 2.42 bits per heavy atom. The Balaban J connectivity index is 1.20. The van der Waals surface area contributed by atoms with Gasteiger partial charge in [-0.1, -0.05) is 0 Å². The lowest BCUT2D eigenvalue weighted by Gasteiger charge is -2.43. The number of alkyl halides is 3. The molecule has 8 nitrogen and oxygen atoms in total. The van der Waals surface area contributed by atoms with E-state index in [0.717, 1.165) is 51.0 Å². The van der Waals surface area contributed by atoms with Crippen LogP contribution in [0.2, 0.25) is 0 Å². The summed E-state index contributed by atoms with van der Waals surface area (Å²) in [5.41, 5.74) is -1.30. The van der Waals surface area contributed by atoms with Crippen LogP contribution in [0.4, 0.5) is 23.8 Å². The minimum absolute atomic E-state index is 0.0964. The fourth-order valence-corrected chi connectivity index (χ4v) is 6.42. The fraction of sp³-hybridized carbons (Fsp3) is 0.720. The van der Waals surface area contributed by atoms with E-state index in [-0.39, 0.29) is 43.0 Å². The Morgan fingerprint density at radius 2 is 1.72 bits per heavy atom. The molecule has 3 saturated heterocycles. The van der Waals surface area contributed by atoms with E-state index in [0.29, 0.717) is 32.7 Å². The number of piperidine rings is 1. The molecule has 1 spiro atoms. The minimum atomic E-state index is -4.49. The van der Waals surface area contributed by atoms with Crippen molar-refractivity contribution in [2.75, 3.05) is 50.7 Å². The first-order chi connectivity index (χ1) is 17.2. The molecular weight excluding hydrogens is 475 g/mol. The normalized spacial score (nSPS) is 29.8. The summed E-state index contributed by atoms with van der Waals surface area (Å²) in [6.07, 6.45) is 1.96. The maximum Gasteiger partial charge on any atom is 0.419 e. The number of rotatable bonds is 2. The topological polar surface area (TPSA) is 80.2 Å². The number of likely N-dealkylation sites (tertiary alicyclic amines) is 2. The molecule has 1 atom stereocenters. The molecule has 0 bridgehead atoms. The van der Waals surface area contributed by atoms with Gasteiger partial charge < -0.3 is 24.7 Å². The molecule has 4 fully saturated rings. The molecule has 1 saturated carbocycles. The smallest absolute Gasteiger partial charge is 0.393 e. The zero-order valence-corrected chi connectivity index (χ0v) is 20.4. The molecule has 1 aliphatic carbocycles. The van der Waals surface area contributed by atoms with Gasteiger partial charge in [0.15, 0.2) is 0 Å². The lowest BCUT2D eigenvalue weighted by atomic mass is 9.78. The summed E-state index contributed by atoms with van der Waals surface area (Å²) in [6.45, 7) is 2.83. The third-order valence-corrected chi connectivity index (χ3v) is 8.44. The molecule has 3 aliphatic heterocycles. The number of carbonyl (C=O) groups excluding carboxylic acids is 2. The van der Waals surface area contributed by atoms with Crippen molar-refractivity contribution < 1.29 is 27.9 Å². The number of hydrogen-bond acceptors (Lipinski definition) is 5. The standard InChI is InChI=1S/C25H34F3N5O3/c26-25(27,28)20-3-1-10-29-21(20)30-13-15-31(16-14-30)23(36)32-11-2-8-24(17-32)9-12-33(22(24)35)18-4-6-19(34)7-5-18/h1,3,10,18-19,34H,2,4-9,11-17H2/t18?,19?,24-/m1/s1. The van der Waals surface area contributed by atoms with E-state index >= 15 is 0 Å². The van der Waals surface area contributed by atoms with Crippen LogP contribution in [0.5, 0.6) is 0 Å². The summed E-state index contributed by atoms with van der Waals surface area (Å²) in [5.74, 6) is 0.0435. The maximum atomic E-state index is 13.5. The number of aliphatic hydroxyl groups is 1. The predicted octanol–water partition coefficient (Wildman–Crippen LogP) is 2.96. The molecule has 1 aromatic rings. The van der Waals surface area contributed by atoms with Crippen molar-refractivity contribution in [1.29, 1.82) is 0 Å². The Hall–Kier alpha value is -2.56. The number of urea groups is 1. The van der Waals surface area contributed by atoms with E-state index < -0.39 is 17.2 Å². The SMILES string of the molecule is O=C(N1CCN(c2ncccc2C(F)(F)F)CC1)N1CCC[C@@]2(CCN(C3CCC(O)CC3)C2=O)C1. The van der Waals surface area contributed by atoms with Crippen LogP contribution >= 0.6 is 0 Å². The molecule has 1 N–H and O–H groups in total. The number of amides is 3. The fourth-order valence-electron chi connectivity index (χ4n) is 6.42. The minimum Gasteiger partial charge on any atom is -0.393 e. The van der Waals surface area contributed by atoms with Crippen LogP contribution in [0, 0.1) is 5.41 Å². The van der Waals surface area contributed by atoms with Gasteiger partial charge in [0.25, 0.3) is 0 Å². The third-order valence-electron chi connectivity index (χ3n) is 8.44. The van der Waals surface area contributed by atoms with Gasteiger partial charge in [0, 0.05) is 58.1 Å². The van der Waals surface area contributed by atoms with E-state index in [1.807, 2.05) is 4.90 Å². The van der Waals surface area contributed by atoms with Crippen LogP contribution in [0.1, 0.15) is 50.5 Å². The second-order valence-corrected chi connectivity index (χ2v) is 10.6. The van der Waals surface area contributed by atoms with Crippen LogP contribution in [0.3, 0.4) is 0 Å². The molecule has 0 unspecified atom stereocenters. The molecule has 4 heterocycles. The van der Waals surface area contributed by atoms with Gasteiger partial charge in [0.05, 0.1) is 17.1 Å². The summed E-state index contributed by atoms with van der Waals surface area (Å²) in [4.78, 5) is 37.9. The first kappa shape index (κ1) is 25.1. The van der Waals surface area contributed by atoms with Crippen LogP contribution in [0.25, 0.3) is 0 Å². The van der Waals surface area contributed by atoms with Gasteiger partial charge in [-0.2, -0.15) is 13.2 Å². The summed E-state index contributed by atoms with van der Waals surface area (Å²) < 4.78 is 40.2. The van der Waals surface area contributed by atoms with Crippen LogP contribution in [-0.4, -0.2) is 94.7 Å². The molecule has 5 rings (SSSR count). The average molecular weight is 510 g/mol. The summed E-state index contributed by atoms with van der Waals surface area (Å²) >= 11 is 0. The van der Waals surface area contributed by atoms with E-state index in [1.54, 1.807) is 14.7 Å². The van der Waals surface area contributed by atoms with E-state index in [9.17, 15) is 27.9 Å². The summed E-state index contributed by atoms with van der Waals surface area (Å²) in [7, 11) is 0. The number of pyridine rings is 1. The van der Waals surface area contributed by atoms with Crippen LogP contribution in [-0.2, 0) is 11.0 Å². The van der Waals surface area contributed by atoms with E-state index in [1.165, 1.54) is 12.3 Å². The molecule has 0 aromatic carbocycles. The molecule has 3 amide bonds. The number of halogens is 3. The van der Waals surface area contributed by atoms with Crippen molar-refractivity contribution in [3.63, 3.8) is 0 Å². The number of nitrogens with zero attached hydrogens (tertiary/aromatic N) is 5. The van der Waals surface area contributed by atoms with Crippen molar-refractivity contribution in [3.8, 4) is 0 Å². The molecule has 198 valence electrons. The Morgan fingerprint density at radius 1 is 1.00 bits per heavy atom. The lowest BCUT2D eigenvalue weighted by molar-refractivity contribution is -0.141. The molecule has 1 aromatic heterocycles. The average Bonchev–Trinajstić information content (AvgIpc) is 3.18. The first-order valence-corrected chi connectivity index (χ1v) is 13.0. The number of hydrogen-bond donors (Lipinski definition) is 1. The van der Waals surface area contributed by atoms with Gasteiger partial charge in [-0.15, -0.1) is 0 Å². The summed E-state index contributed by atoms with van der Waals surface area (Å²) in [5, 5.41) is 9.82. The van der Waals surface area contributed by atoms with Gasteiger partial charge in [0.1, 0.15) is 5.82 Å². The highest BCUT2D eigenvalue weighted by Crippen LogP contribution is 2.43. The Bertz CT molecular complexity index is 976. The predicted molar refractivity (Wildman–Crippen MR) is 126 cm³/mol. The van der Waals surface area contributed by atoms with Gasteiger partial charge in [-0.3, -0.25) is 4.79 Å². The monoisotopic (exact) mass is 509 g/mol. The number of aliphatic hydroxyl groups excluding tert-OH is 1. The Kier molecular flexibility index (Phi) is 6.78. The zero-order chi connectivity index (χ0) is 25.5. The molecule has 11 heteroatoms. The van der Waals surface area contributed by atoms with Crippen molar-refractivity contribution in [3.05, 3.63) is 23.9 Å². The van der Waals surface area contributed by atoms with Gasteiger partial charge >= 0.3 is 12.2 Å². The molecule has 4 aliphatic rings. The number of piperazine rings is 1. The van der Waals surface area contributed by atoms with Crippen molar-refractivity contribution in [2.24, 2.45) is 5.41 Å². The van der Waals surface area contributed by atoms with E-state index in [4.69, 9.17) is 0 Å². The maximum absolute atomic E-state index is 13.5. The highest BCUT2D eigenvalue weighted by atomic mass is 19.4. The van der Waals surface area contributed by atoms with Crippen molar-refractivity contribution >= 4 is 17.8 Å². The highest BCUT2D eigenvalue weighted by Gasteiger charge is 2.51. The van der Waals surface area contributed by atoms with Gasteiger partial charge in [0.2, 0.25) is 5.91 Å². The zero-order valence-electron chi connectivity index (χ0n) is 20.4. The largest absolute Gasteiger partial charge is 0.419 e. The number of carbonyl (C=O) groups is 2. The van der Waals surface area contributed by atoms with Crippen LogP contribution < -0.4 is 4.90 Å². The first-order valence-electron chi connectivity index (χ1n) is 13.0. The van der Waals surface area contributed by atoms with Gasteiger partial charge in [-0.05, 0) is 57.1 Å². The highest BCUT2D eigenvalue weighted by molar-refractivity contribution is 5.86. The third kappa shape index (κ3) is 4.73. The van der Waals surface area contributed by atoms with Gasteiger partial charge in [-0.25, -0.2) is 9.78 Å². The quantitative estimate of drug-likeness (QED) is 0.663. The second-order valence-electron chi connectivity index (χ2n) is 10.6. The van der Waals surface area contributed by atoms with E-state index in [2.05, 4.69) is 4.98 Å². The van der Waals surface area contributed by atoms with Crippen molar-refractivity contribution in [2.45, 2.75) is 63.3 Å². The van der Waals surface area contributed by atoms with Crippen LogP contribution in [0.15, 0.2) is 18.3 Å². The Labute approximate surface area is 209 Å².